The maximum absolute atomic E-state index is 13.7. The van der Waals surface area contributed by atoms with E-state index in [2.05, 4.69) is 20.6 Å². The first-order chi connectivity index (χ1) is 15.5. The van der Waals surface area contributed by atoms with E-state index in [1.165, 1.54) is 0 Å². The number of para-hydroxylation sites is 1. The van der Waals surface area contributed by atoms with Crippen molar-refractivity contribution in [2.45, 2.75) is 58.7 Å². The van der Waals surface area contributed by atoms with Crippen LogP contribution in [-0.2, 0) is 6.18 Å². The summed E-state index contributed by atoms with van der Waals surface area (Å²) in [6.07, 6.45) is -2.95. The molecule has 176 valence electrons. The van der Waals surface area contributed by atoms with Crippen LogP contribution in [0, 0.1) is 0 Å². The Morgan fingerprint density at radius 3 is 2.24 bits per heavy atom. The van der Waals surface area contributed by atoms with Crippen LogP contribution in [0.15, 0.2) is 54.7 Å². The fourth-order valence-electron chi connectivity index (χ4n) is 3.22. The third-order valence-electron chi connectivity index (χ3n) is 4.99. The Morgan fingerprint density at radius 1 is 0.970 bits per heavy atom. The highest BCUT2D eigenvalue weighted by Crippen LogP contribution is 2.37. The number of benzene rings is 2. The summed E-state index contributed by atoms with van der Waals surface area (Å²) in [7, 11) is 0. The molecule has 0 saturated carbocycles. The minimum Gasteiger partial charge on any atom is -0.488 e. The van der Waals surface area contributed by atoms with Gasteiger partial charge in [0.1, 0.15) is 22.7 Å². The van der Waals surface area contributed by atoms with Gasteiger partial charge in [-0.25, -0.2) is 4.98 Å². The standard InChI is InChI=1S/C25H29F3N4O/c1-6-16(2)19-9-7-8-10-21(19)31-22-20(25(26,27)28)15-29-23(32-22)30-17-11-13-18(14-12-17)33-24(3,4)5/h7-16H,6H2,1-5H3,(H2,29,30,31,32). The van der Waals surface area contributed by atoms with Crippen molar-refractivity contribution in [1.29, 1.82) is 0 Å². The Morgan fingerprint density at radius 2 is 1.64 bits per heavy atom. The lowest BCUT2D eigenvalue weighted by Gasteiger charge is -2.21. The number of aromatic nitrogens is 2. The molecule has 0 radical (unpaired) electrons. The third-order valence-corrected chi connectivity index (χ3v) is 4.99. The van der Waals surface area contributed by atoms with Gasteiger partial charge in [0.05, 0.1) is 0 Å². The minimum absolute atomic E-state index is 0.0519. The average molecular weight is 459 g/mol. The van der Waals surface area contributed by atoms with E-state index in [4.69, 9.17) is 4.74 Å². The molecule has 0 bridgehead atoms. The van der Waals surface area contributed by atoms with Crippen molar-refractivity contribution in [2.24, 2.45) is 0 Å². The van der Waals surface area contributed by atoms with Gasteiger partial charge in [-0.2, -0.15) is 18.2 Å². The van der Waals surface area contributed by atoms with Gasteiger partial charge >= 0.3 is 6.18 Å². The molecule has 1 unspecified atom stereocenters. The summed E-state index contributed by atoms with van der Waals surface area (Å²) in [5.74, 6) is 0.612. The predicted octanol–water partition coefficient (Wildman–Crippen LogP) is 7.67. The van der Waals surface area contributed by atoms with Crippen LogP contribution in [0.25, 0.3) is 0 Å². The van der Waals surface area contributed by atoms with E-state index in [0.29, 0.717) is 17.1 Å². The maximum Gasteiger partial charge on any atom is 0.421 e. The van der Waals surface area contributed by atoms with Crippen LogP contribution < -0.4 is 15.4 Å². The lowest BCUT2D eigenvalue weighted by Crippen LogP contribution is -2.22. The number of hydrogen-bond acceptors (Lipinski definition) is 5. The van der Waals surface area contributed by atoms with E-state index in [-0.39, 0.29) is 23.3 Å². The van der Waals surface area contributed by atoms with Crippen LogP contribution in [0.3, 0.4) is 0 Å². The Labute approximate surface area is 192 Å². The molecule has 1 atom stereocenters. The van der Waals surface area contributed by atoms with Gasteiger partial charge in [0, 0.05) is 17.6 Å². The van der Waals surface area contributed by atoms with Crippen molar-refractivity contribution in [3.63, 3.8) is 0 Å². The second-order valence-electron chi connectivity index (χ2n) is 8.84. The van der Waals surface area contributed by atoms with Crippen molar-refractivity contribution in [3.8, 4) is 5.75 Å². The van der Waals surface area contributed by atoms with Gasteiger partial charge in [0.25, 0.3) is 0 Å². The monoisotopic (exact) mass is 458 g/mol. The molecule has 2 N–H and O–H groups in total. The van der Waals surface area contributed by atoms with Gasteiger partial charge in [-0.15, -0.1) is 0 Å². The molecule has 2 aromatic carbocycles. The van der Waals surface area contributed by atoms with Gasteiger partial charge < -0.3 is 15.4 Å². The molecule has 1 heterocycles. The SMILES string of the molecule is CCC(C)c1ccccc1Nc1nc(Nc2ccc(OC(C)(C)C)cc2)ncc1C(F)(F)F. The van der Waals surface area contributed by atoms with E-state index in [1.807, 2.05) is 46.8 Å². The summed E-state index contributed by atoms with van der Waals surface area (Å²) in [4.78, 5) is 8.04. The normalized spacial score (nSPS) is 12.8. The number of nitrogens with one attached hydrogen (secondary N) is 2. The van der Waals surface area contributed by atoms with E-state index in [0.717, 1.165) is 18.2 Å². The number of ether oxygens (including phenoxy) is 1. The van der Waals surface area contributed by atoms with Crippen LogP contribution in [0.4, 0.5) is 36.3 Å². The zero-order valence-electron chi connectivity index (χ0n) is 19.4. The summed E-state index contributed by atoms with van der Waals surface area (Å²) in [6.45, 7) is 9.91. The first kappa shape index (κ1) is 24.4. The molecule has 0 saturated heterocycles. The van der Waals surface area contributed by atoms with Crippen LogP contribution in [0.5, 0.6) is 5.75 Å². The highest BCUT2D eigenvalue weighted by atomic mass is 19.4. The number of rotatable bonds is 7. The molecule has 0 aliphatic heterocycles. The third kappa shape index (κ3) is 6.60. The summed E-state index contributed by atoms with van der Waals surface area (Å²) in [6, 6.07) is 14.4. The Bertz CT molecular complexity index is 1080. The molecule has 33 heavy (non-hydrogen) atoms. The number of alkyl halides is 3. The maximum atomic E-state index is 13.7. The average Bonchev–Trinajstić information content (AvgIpc) is 2.73. The smallest absolute Gasteiger partial charge is 0.421 e. The number of nitrogens with zero attached hydrogens (tertiary/aromatic N) is 2. The van der Waals surface area contributed by atoms with Crippen LogP contribution in [-0.4, -0.2) is 15.6 Å². The number of anilines is 4. The zero-order chi connectivity index (χ0) is 24.2. The number of halogens is 3. The second kappa shape index (κ2) is 9.68. The highest BCUT2D eigenvalue weighted by Gasteiger charge is 2.35. The minimum atomic E-state index is -4.60. The quantitative estimate of drug-likeness (QED) is 0.380. The topological polar surface area (TPSA) is 59.1 Å². The molecular weight excluding hydrogens is 429 g/mol. The van der Waals surface area contributed by atoms with Crippen molar-refractivity contribution in [3.05, 3.63) is 65.9 Å². The van der Waals surface area contributed by atoms with E-state index < -0.39 is 11.7 Å². The fourth-order valence-corrected chi connectivity index (χ4v) is 3.22. The van der Waals surface area contributed by atoms with Crippen LogP contribution in [0.1, 0.15) is 58.1 Å². The second-order valence-corrected chi connectivity index (χ2v) is 8.84. The Kier molecular flexibility index (Phi) is 7.15. The van der Waals surface area contributed by atoms with Crippen LogP contribution >= 0.6 is 0 Å². The van der Waals surface area contributed by atoms with Gasteiger partial charge in [0.2, 0.25) is 5.95 Å². The predicted molar refractivity (Wildman–Crippen MR) is 126 cm³/mol. The first-order valence-electron chi connectivity index (χ1n) is 10.8. The van der Waals surface area contributed by atoms with Crippen molar-refractivity contribution in [2.75, 3.05) is 10.6 Å². The lowest BCUT2D eigenvalue weighted by molar-refractivity contribution is -0.137. The van der Waals surface area contributed by atoms with Crippen molar-refractivity contribution in [1.82, 2.24) is 9.97 Å². The molecule has 1 aromatic heterocycles. The summed E-state index contributed by atoms with van der Waals surface area (Å²) in [5, 5.41) is 5.86. The molecule has 5 nitrogen and oxygen atoms in total. The largest absolute Gasteiger partial charge is 0.488 e. The molecule has 0 aliphatic rings. The van der Waals surface area contributed by atoms with Gasteiger partial charge in [-0.05, 0) is 69.0 Å². The molecule has 3 rings (SSSR count). The Balaban J connectivity index is 1.90. The van der Waals surface area contributed by atoms with E-state index >= 15 is 0 Å². The van der Waals surface area contributed by atoms with Gasteiger partial charge in [-0.1, -0.05) is 32.0 Å². The van der Waals surface area contributed by atoms with Gasteiger partial charge in [-0.3, -0.25) is 0 Å². The van der Waals surface area contributed by atoms with Gasteiger partial charge in [0.15, 0.2) is 0 Å². The van der Waals surface area contributed by atoms with Crippen molar-refractivity contribution >= 4 is 23.1 Å². The summed E-state index contributed by atoms with van der Waals surface area (Å²) < 4.78 is 46.8. The van der Waals surface area contributed by atoms with E-state index in [1.54, 1.807) is 36.4 Å². The first-order valence-corrected chi connectivity index (χ1v) is 10.8. The molecule has 0 fully saturated rings. The highest BCUT2D eigenvalue weighted by molar-refractivity contribution is 5.66. The molecule has 0 spiro atoms. The van der Waals surface area contributed by atoms with E-state index in [9.17, 15) is 13.2 Å². The molecular formula is C25H29F3N4O. The zero-order valence-corrected chi connectivity index (χ0v) is 19.4. The molecule has 0 aliphatic carbocycles. The fraction of sp³-hybridized carbons (Fsp3) is 0.360. The summed E-state index contributed by atoms with van der Waals surface area (Å²) >= 11 is 0. The summed E-state index contributed by atoms with van der Waals surface area (Å²) in [5.41, 5.74) is 0.877. The Hall–Kier alpha value is -3.29. The molecule has 3 aromatic rings. The molecule has 8 heteroatoms. The van der Waals surface area contributed by atoms with Crippen LogP contribution in [0.2, 0.25) is 0 Å². The number of hydrogen-bond donors (Lipinski definition) is 2. The molecule has 0 amide bonds. The van der Waals surface area contributed by atoms with Crippen molar-refractivity contribution < 1.29 is 17.9 Å². The lowest BCUT2D eigenvalue weighted by atomic mass is 9.97.